The van der Waals surface area contributed by atoms with Crippen LogP contribution in [0.25, 0.3) is 0 Å². The van der Waals surface area contributed by atoms with Gasteiger partial charge in [-0.25, -0.2) is 0 Å². The highest BCUT2D eigenvalue weighted by atomic mass is 16.5. The fraction of sp³-hybridized carbons (Fsp3) is 0.700. The molecular weight excluding hydrogens is 178 g/mol. The molecule has 2 N–H and O–H groups in total. The first-order chi connectivity index (χ1) is 6.74. The van der Waals surface area contributed by atoms with Crippen molar-refractivity contribution in [3.8, 4) is 0 Å². The third kappa shape index (κ3) is 3.47. The third-order valence-corrected chi connectivity index (χ3v) is 2.39. The Hall–Kier alpha value is -0.870. The molecule has 4 nitrogen and oxygen atoms in total. The van der Waals surface area contributed by atoms with Gasteiger partial charge < -0.3 is 10.5 Å². The summed E-state index contributed by atoms with van der Waals surface area (Å²) in [6.07, 6.45) is 4.72. The molecule has 80 valence electrons. The van der Waals surface area contributed by atoms with Crippen molar-refractivity contribution in [1.82, 2.24) is 9.78 Å². The highest BCUT2D eigenvalue weighted by molar-refractivity contribution is 5.00. The maximum absolute atomic E-state index is 5.92. The van der Waals surface area contributed by atoms with Gasteiger partial charge in [0.05, 0.1) is 0 Å². The van der Waals surface area contributed by atoms with Crippen molar-refractivity contribution in [3.63, 3.8) is 0 Å². The Morgan fingerprint density at radius 2 is 2.36 bits per heavy atom. The van der Waals surface area contributed by atoms with Crippen molar-refractivity contribution in [2.24, 2.45) is 12.8 Å². The van der Waals surface area contributed by atoms with Gasteiger partial charge in [0.2, 0.25) is 0 Å². The second-order valence-corrected chi connectivity index (χ2v) is 3.53. The van der Waals surface area contributed by atoms with E-state index in [0.29, 0.717) is 0 Å². The molecule has 1 atom stereocenters. The van der Waals surface area contributed by atoms with E-state index in [1.807, 2.05) is 24.0 Å². The van der Waals surface area contributed by atoms with E-state index in [1.165, 1.54) is 5.69 Å². The van der Waals surface area contributed by atoms with Gasteiger partial charge in [-0.3, -0.25) is 4.68 Å². The molecule has 0 saturated heterocycles. The lowest BCUT2D eigenvalue weighted by atomic mass is 10.1. The molecule has 1 aromatic rings. The molecule has 0 bridgehead atoms. The largest absolute Gasteiger partial charge is 0.385 e. The molecule has 0 radical (unpaired) electrons. The Balaban J connectivity index is 2.23. The van der Waals surface area contributed by atoms with Crippen LogP contribution in [0, 0.1) is 0 Å². The number of aromatic nitrogens is 2. The predicted octanol–water partition coefficient (Wildman–Crippen LogP) is 0.716. The Morgan fingerprint density at radius 1 is 1.57 bits per heavy atom. The summed E-state index contributed by atoms with van der Waals surface area (Å²) in [4.78, 5) is 0. The lowest BCUT2D eigenvalue weighted by Gasteiger charge is -2.10. The van der Waals surface area contributed by atoms with E-state index in [-0.39, 0.29) is 6.04 Å². The smallest absolute Gasteiger partial charge is 0.0492 e. The molecule has 14 heavy (non-hydrogen) atoms. The van der Waals surface area contributed by atoms with Crippen LogP contribution >= 0.6 is 0 Å². The number of rotatable bonds is 6. The first kappa shape index (κ1) is 11.2. The first-order valence-corrected chi connectivity index (χ1v) is 4.95. The molecule has 1 unspecified atom stereocenters. The number of hydrogen-bond donors (Lipinski definition) is 1. The Kier molecular flexibility index (Phi) is 4.62. The molecule has 0 aliphatic carbocycles. The summed E-state index contributed by atoms with van der Waals surface area (Å²) in [5.41, 5.74) is 7.15. The predicted molar refractivity (Wildman–Crippen MR) is 56.0 cm³/mol. The molecule has 0 aromatic carbocycles. The van der Waals surface area contributed by atoms with Crippen molar-refractivity contribution in [2.45, 2.75) is 25.3 Å². The van der Waals surface area contributed by atoms with Gasteiger partial charge in [0.1, 0.15) is 0 Å². The molecule has 0 aliphatic heterocycles. The van der Waals surface area contributed by atoms with Crippen LogP contribution in [0.1, 0.15) is 18.5 Å². The van der Waals surface area contributed by atoms with E-state index in [9.17, 15) is 0 Å². The molecule has 0 fully saturated rings. The summed E-state index contributed by atoms with van der Waals surface area (Å²) < 4.78 is 6.87. The summed E-state index contributed by atoms with van der Waals surface area (Å²) >= 11 is 0. The Bertz CT molecular complexity index is 260. The molecule has 1 heterocycles. The Labute approximate surface area is 85.0 Å². The molecule has 0 amide bonds. The highest BCUT2D eigenvalue weighted by Gasteiger charge is 2.04. The van der Waals surface area contributed by atoms with Gasteiger partial charge in [0.25, 0.3) is 0 Å². The van der Waals surface area contributed by atoms with Gasteiger partial charge in [0, 0.05) is 38.7 Å². The van der Waals surface area contributed by atoms with E-state index >= 15 is 0 Å². The highest BCUT2D eigenvalue weighted by Crippen LogP contribution is 2.04. The lowest BCUT2D eigenvalue weighted by Crippen LogP contribution is -2.22. The second-order valence-electron chi connectivity index (χ2n) is 3.53. The van der Waals surface area contributed by atoms with Gasteiger partial charge in [0.15, 0.2) is 0 Å². The summed E-state index contributed by atoms with van der Waals surface area (Å²) in [6, 6.07) is 2.26. The van der Waals surface area contributed by atoms with Crippen LogP contribution in [0.2, 0.25) is 0 Å². The average Bonchev–Trinajstić information content (AvgIpc) is 2.58. The van der Waals surface area contributed by atoms with Crippen molar-refractivity contribution < 1.29 is 4.74 Å². The minimum atomic E-state index is 0.227. The topological polar surface area (TPSA) is 53.1 Å². The third-order valence-electron chi connectivity index (χ3n) is 2.39. The molecule has 1 aromatic heterocycles. The zero-order valence-corrected chi connectivity index (χ0v) is 8.94. The summed E-state index contributed by atoms with van der Waals surface area (Å²) in [5.74, 6) is 0. The van der Waals surface area contributed by atoms with E-state index in [1.54, 1.807) is 7.11 Å². The fourth-order valence-corrected chi connectivity index (χ4v) is 1.39. The first-order valence-electron chi connectivity index (χ1n) is 4.95. The monoisotopic (exact) mass is 197 g/mol. The summed E-state index contributed by atoms with van der Waals surface area (Å²) in [7, 11) is 3.66. The number of ether oxygens (including phenoxy) is 1. The molecule has 4 heteroatoms. The summed E-state index contributed by atoms with van der Waals surface area (Å²) in [6.45, 7) is 0.743. The van der Waals surface area contributed by atoms with Gasteiger partial charge in [-0.15, -0.1) is 0 Å². The van der Waals surface area contributed by atoms with Gasteiger partial charge in [-0.1, -0.05) is 0 Å². The second kappa shape index (κ2) is 5.78. The van der Waals surface area contributed by atoms with E-state index < -0.39 is 0 Å². The van der Waals surface area contributed by atoms with Crippen LogP contribution in [0.5, 0.6) is 0 Å². The lowest BCUT2D eigenvalue weighted by molar-refractivity contribution is 0.186. The maximum atomic E-state index is 5.92. The van der Waals surface area contributed by atoms with Gasteiger partial charge in [-0.2, -0.15) is 5.10 Å². The number of aryl methyl sites for hydroxylation is 2. The average molecular weight is 197 g/mol. The van der Waals surface area contributed by atoms with Gasteiger partial charge in [-0.05, 0) is 25.3 Å². The minimum absolute atomic E-state index is 0.227. The number of hydrogen-bond acceptors (Lipinski definition) is 3. The van der Waals surface area contributed by atoms with E-state index in [4.69, 9.17) is 10.5 Å². The van der Waals surface area contributed by atoms with Crippen LogP contribution in [-0.2, 0) is 18.2 Å². The fourth-order valence-electron chi connectivity index (χ4n) is 1.39. The molecule has 0 saturated carbocycles. The van der Waals surface area contributed by atoms with Crippen molar-refractivity contribution in [2.75, 3.05) is 13.7 Å². The van der Waals surface area contributed by atoms with Crippen molar-refractivity contribution in [1.29, 1.82) is 0 Å². The molecule has 0 spiro atoms. The zero-order valence-electron chi connectivity index (χ0n) is 8.94. The maximum Gasteiger partial charge on any atom is 0.0492 e. The van der Waals surface area contributed by atoms with Gasteiger partial charge >= 0.3 is 0 Å². The number of nitrogens with zero attached hydrogens (tertiary/aromatic N) is 2. The molecule has 0 aliphatic rings. The van der Waals surface area contributed by atoms with Crippen LogP contribution in [0.3, 0.4) is 0 Å². The van der Waals surface area contributed by atoms with Crippen LogP contribution in [-0.4, -0.2) is 29.5 Å². The van der Waals surface area contributed by atoms with E-state index in [0.717, 1.165) is 25.9 Å². The van der Waals surface area contributed by atoms with Crippen molar-refractivity contribution >= 4 is 0 Å². The van der Waals surface area contributed by atoms with Crippen LogP contribution in [0.15, 0.2) is 12.3 Å². The van der Waals surface area contributed by atoms with Crippen LogP contribution in [0.4, 0.5) is 0 Å². The minimum Gasteiger partial charge on any atom is -0.385 e. The number of methoxy groups -OCH3 is 1. The molecular formula is C10H19N3O. The number of nitrogens with two attached hydrogens (primary N) is 1. The quantitative estimate of drug-likeness (QED) is 0.731. The summed E-state index contributed by atoms with van der Waals surface area (Å²) in [5, 5.41) is 4.11. The van der Waals surface area contributed by atoms with Crippen LogP contribution < -0.4 is 5.73 Å². The zero-order chi connectivity index (χ0) is 10.4. The van der Waals surface area contributed by atoms with Crippen molar-refractivity contribution in [3.05, 3.63) is 18.0 Å². The Morgan fingerprint density at radius 3 is 2.93 bits per heavy atom. The normalized spacial score (nSPS) is 13.1. The molecule has 1 rings (SSSR count). The van der Waals surface area contributed by atoms with E-state index in [2.05, 4.69) is 5.10 Å². The standard InChI is InChI=1S/C10H19N3O/c1-13-10(5-7-12-13)4-3-9(11)6-8-14-2/h5,7,9H,3-4,6,8,11H2,1-2H3. The SMILES string of the molecule is COCCC(N)CCc1ccnn1C.